The maximum atomic E-state index is 12.1. The number of rotatable bonds is 6. The van der Waals surface area contributed by atoms with Crippen LogP contribution in [0.25, 0.3) is 0 Å². The van der Waals surface area contributed by atoms with Crippen LogP contribution in [0.2, 0.25) is 0 Å². The molecule has 0 aromatic heterocycles. The molecule has 25 heavy (non-hydrogen) atoms. The zero-order chi connectivity index (χ0) is 17.6. The first-order valence-corrected chi connectivity index (χ1v) is 8.39. The maximum absolute atomic E-state index is 12.1. The van der Waals surface area contributed by atoms with E-state index in [1.807, 2.05) is 54.6 Å². The number of hydrogen-bond acceptors (Lipinski definition) is 3. The van der Waals surface area contributed by atoms with E-state index in [0.717, 1.165) is 16.8 Å². The molecule has 1 N–H and O–H groups in total. The van der Waals surface area contributed by atoms with Crippen molar-refractivity contribution in [2.45, 2.75) is 18.9 Å². The van der Waals surface area contributed by atoms with Crippen LogP contribution in [0.4, 0.5) is 5.69 Å². The highest BCUT2D eigenvalue weighted by Gasteiger charge is 2.28. The van der Waals surface area contributed by atoms with E-state index < -0.39 is 0 Å². The summed E-state index contributed by atoms with van der Waals surface area (Å²) in [4.78, 5) is 25.8. The van der Waals surface area contributed by atoms with E-state index >= 15 is 0 Å². The Kier molecular flexibility index (Phi) is 5.46. The molecule has 2 aromatic rings. The Balaban J connectivity index is 1.50. The number of fused-ring (bicyclic) bond motifs is 1. The van der Waals surface area contributed by atoms with Crippen molar-refractivity contribution in [2.24, 2.45) is 0 Å². The standard InChI is InChI=1S/C20H22N2O3/c1-22-18-10-6-5-9-17(18)16(11-20(22)24)12-21-19(23)14-25-13-15-7-3-2-4-8-15/h2-10,16H,11-14H2,1H3,(H,21,23)/t16-/m0/s1. The summed E-state index contributed by atoms with van der Waals surface area (Å²) in [5, 5.41) is 2.88. The summed E-state index contributed by atoms with van der Waals surface area (Å²) in [6, 6.07) is 17.6. The van der Waals surface area contributed by atoms with Crippen LogP contribution in [0.15, 0.2) is 54.6 Å². The molecule has 2 amide bonds. The van der Waals surface area contributed by atoms with Gasteiger partial charge in [-0.3, -0.25) is 9.59 Å². The molecule has 1 atom stereocenters. The molecule has 1 heterocycles. The van der Waals surface area contributed by atoms with Gasteiger partial charge in [-0.25, -0.2) is 0 Å². The molecular formula is C20H22N2O3. The SMILES string of the molecule is CN1C(=O)C[C@@H](CNC(=O)COCc2ccccc2)c2ccccc21. The van der Waals surface area contributed by atoms with Crippen LogP contribution < -0.4 is 10.2 Å². The first-order valence-electron chi connectivity index (χ1n) is 8.39. The molecule has 0 spiro atoms. The average Bonchev–Trinajstić information content (AvgIpc) is 2.64. The van der Waals surface area contributed by atoms with Crippen molar-refractivity contribution >= 4 is 17.5 Å². The molecule has 130 valence electrons. The Labute approximate surface area is 147 Å². The number of carbonyl (C=O) groups excluding carboxylic acids is 2. The minimum atomic E-state index is -0.167. The van der Waals surface area contributed by atoms with Gasteiger partial charge in [-0.15, -0.1) is 0 Å². The van der Waals surface area contributed by atoms with Crippen molar-refractivity contribution < 1.29 is 14.3 Å². The van der Waals surface area contributed by atoms with E-state index in [1.54, 1.807) is 11.9 Å². The molecule has 3 rings (SSSR count). The summed E-state index contributed by atoms with van der Waals surface area (Å²) >= 11 is 0. The summed E-state index contributed by atoms with van der Waals surface area (Å²) in [6.45, 7) is 0.852. The van der Waals surface area contributed by atoms with Gasteiger partial charge in [0, 0.05) is 31.6 Å². The lowest BCUT2D eigenvalue weighted by atomic mass is 9.89. The number of para-hydroxylation sites is 1. The quantitative estimate of drug-likeness (QED) is 0.880. The maximum Gasteiger partial charge on any atom is 0.246 e. The number of benzene rings is 2. The molecule has 0 bridgehead atoms. The summed E-state index contributed by atoms with van der Waals surface area (Å²) in [6.07, 6.45) is 0.401. The molecule has 2 aromatic carbocycles. The molecule has 1 aliphatic rings. The Morgan fingerprint density at radius 1 is 1.16 bits per heavy atom. The van der Waals surface area contributed by atoms with Crippen LogP contribution in [0.3, 0.4) is 0 Å². The number of anilines is 1. The predicted molar refractivity (Wildman–Crippen MR) is 96.3 cm³/mol. The number of nitrogens with zero attached hydrogens (tertiary/aromatic N) is 1. The number of carbonyl (C=O) groups is 2. The first-order chi connectivity index (χ1) is 12.1. The lowest BCUT2D eigenvalue weighted by molar-refractivity contribution is -0.126. The first kappa shape index (κ1) is 17.2. The van der Waals surface area contributed by atoms with Crippen LogP contribution in [-0.2, 0) is 20.9 Å². The van der Waals surface area contributed by atoms with Gasteiger partial charge in [0.2, 0.25) is 11.8 Å². The van der Waals surface area contributed by atoms with Gasteiger partial charge < -0.3 is 15.0 Å². The topological polar surface area (TPSA) is 58.6 Å². The fraction of sp³-hybridized carbons (Fsp3) is 0.300. The largest absolute Gasteiger partial charge is 0.367 e. The van der Waals surface area contributed by atoms with Crippen molar-refractivity contribution in [1.29, 1.82) is 0 Å². The second-order valence-corrected chi connectivity index (χ2v) is 6.20. The lowest BCUT2D eigenvalue weighted by Crippen LogP contribution is -2.38. The minimum Gasteiger partial charge on any atom is -0.367 e. The highest BCUT2D eigenvalue weighted by atomic mass is 16.5. The fourth-order valence-electron chi connectivity index (χ4n) is 3.04. The second-order valence-electron chi connectivity index (χ2n) is 6.20. The molecule has 5 heteroatoms. The molecule has 0 saturated heterocycles. The van der Waals surface area contributed by atoms with Gasteiger partial charge >= 0.3 is 0 Å². The second kappa shape index (κ2) is 7.94. The summed E-state index contributed by atoms with van der Waals surface area (Å²) in [7, 11) is 1.79. The zero-order valence-corrected chi connectivity index (χ0v) is 14.3. The molecule has 5 nitrogen and oxygen atoms in total. The number of amides is 2. The van der Waals surface area contributed by atoms with Crippen LogP contribution in [0, 0.1) is 0 Å². The van der Waals surface area contributed by atoms with Crippen LogP contribution in [-0.4, -0.2) is 32.0 Å². The summed E-state index contributed by atoms with van der Waals surface area (Å²) in [5.41, 5.74) is 3.04. The van der Waals surface area contributed by atoms with E-state index in [-0.39, 0.29) is 24.3 Å². The van der Waals surface area contributed by atoms with Crippen molar-refractivity contribution in [2.75, 3.05) is 25.1 Å². The Morgan fingerprint density at radius 2 is 1.88 bits per heavy atom. The molecule has 0 aliphatic carbocycles. The molecule has 0 radical (unpaired) electrons. The average molecular weight is 338 g/mol. The van der Waals surface area contributed by atoms with Gasteiger partial charge in [0.25, 0.3) is 0 Å². The Morgan fingerprint density at radius 3 is 2.68 bits per heavy atom. The minimum absolute atomic E-state index is 0.00188. The van der Waals surface area contributed by atoms with Crippen LogP contribution in [0.1, 0.15) is 23.5 Å². The van der Waals surface area contributed by atoms with Gasteiger partial charge in [0.15, 0.2) is 0 Å². The van der Waals surface area contributed by atoms with Crippen LogP contribution in [0.5, 0.6) is 0 Å². The van der Waals surface area contributed by atoms with Crippen molar-refractivity contribution in [3.8, 4) is 0 Å². The summed E-state index contributed by atoms with van der Waals surface area (Å²) in [5.74, 6) is -0.101. The highest BCUT2D eigenvalue weighted by Crippen LogP contribution is 2.34. The number of nitrogens with one attached hydrogen (secondary N) is 1. The third-order valence-electron chi connectivity index (χ3n) is 4.42. The monoisotopic (exact) mass is 338 g/mol. The normalized spacial score (nSPS) is 16.4. The molecule has 1 aliphatic heterocycles. The van der Waals surface area contributed by atoms with E-state index in [0.29, 0.717) is 19.6 Å². The predicted octanol–water partition coefficient (Wildman–Crippen LogP) is 2.47. The zero-order valence-electron chi connectivity index (χ0n) is 14.3. The third kappa shape index (κ3) is 4.25. The molecular weight excluding hydrogens is 316 g/mol. The highest BCUT2D eigenvalue weighted by molar-refractivity contribution is 5.96. The van der Waals surface area contributed by atoms with E-state index in [9.17, 15) is 9.59 Å². The van der Waals surface area contributed by atoms with Crippen molar-refractivity contribution in [3.63, 3.8) is 0 Å². The fourth-order valence-corrected chi connectivity index (χ4v) is 3.04. The van der Waals surface area contributed by atoms with E-state index in [4.69, 9.17) is 4.74 Å². The van der Waals surface area contributed by atoms with Crippen molar-refractivity contribution in [3.05, 3.63) is 65.7 Å². The van der Waals surface area contributed by atoms with Gasteiger partial charge in [-0.05, 0) is 17.2 Å². The lowest BCUT2D eigenvalue weighted by Gasteiger charge is -2.31. The third-order valence-corrected chi connectivity index (χ3v) is 4.42. The van der Waals surface area contributed by atoms with E-state index in [1.165, 1.54) is 0 Å². The van der Waals surface area contributed by atoms with Gasteiger partial charge in [0.1, 0.15) is 6.61 Å². The number of ether oxygens (including phenoxy) is 1. The molecule has 0 saturated carbocycles. The number of hydrogen-bond donors (Lipinski definition) is 1. The van der Waals surface area contributed by atoms with Crippen molar-refractivity contribution in [1.82, 2.24) is 5.32 Å². The van der Waals surface area contributed by atoms with Gasteiger partial charge in [-0.1, -0.05) is 48.5 Å². The molecule has 0 unspecified atom stereocenters. The Hall–Kier alpha value is -2.66. The molecule has 0 fully saturated rings. The Bertz CT molecular complexity index is 746. The summed E-state index contributed by atoms with van der Waals surface area (Å²) < 4.78 is 5.44. The van der Waals surface area contributed by atoms with Gasteiger partial charge in [-0.2, -0.15) is 0 Å². The van der Waals surface area contributed by atoms with E-state index in [2.05, 4.69) is 5.32 Å². The smallest absolute Gasteiger partial charge is 0.246 e. The van der Waals surface area contributed by atoms with Gasteiger partial charge in [0.05, 0.1) is 6.61 Å². The van der Waals surface area contributed by atoms with Crippen LogP contribution >= 0.6 is 0 Å².